The second-order valence-electron chi connectivity index (χ2n) is 2.51. The van der Waals surface area contributed by atoms with Gasteiger partial charge >= 0.3 is 0 Å². The summed E-state index contributed by atoms with van der Waals surface area (Å²) in [4.78, 5) is 0.738. The van der Waals surface area contributed by atoms with Gasteiger partial charge < -0.3 is 0 Å². The van der Waals surface area contributed by atoms with Crippen molar-refractivity contribution in [2.75, 3.05) is 13.6 Å². The Kier molecular flexibility index (Phi) is 1.12. The Morgan fingerprint density at radius 2 is 2.57 bits per heavy atom. The Labute approximate surface area is 104 Å². The topological polar surface area (TPSA) is 3.24 Å². The summed E-state index contributed by atoms with van der Waals surface area (Å²) < 4.78 is 93.5. The molecule has 74 valence electrons. The third-order valence-electron chi connectivity index (χ3n) is 1.44. The van der Waals surface area contributed by atoms with E-state index in [0.29, 0.717) is 0 Å². The summed E-state index contributed by atoms with van der Waals surface area (Å²) in [7, 11) is 1.11. The molecule has 0 spiro atoms. The second-order valence-corrected chi connectivity index (χ2v) is 2.51. The maximum atomic E-state index is 8.41. The van der Waals surface area contributed by atoms with Gasteiger partial charge in [0.1, 0.15) is 1.37 Å². The zero-order chi connectivity index (χ0) is 20.7. The Balaban J connectivity index is 3.85. The first-order chi connectivity index (χ1) is 11.7. The number of nitrogens with zero attached hydrogens (tertiary/aromatic N) is 1. The van der Waals surface area contributed by atoms with E-state index in [1.165, 1.54) is 0 Å². The lowest BCUT2D eigenvalue weighted by Crippen LogP contribution is -2.31. The van der Waals surface area contributed by atoms with E-state index in [1.54, 1.807) is 6.40 Å². The molecular formula is C13H17N. The summed E-state index contributed by atoms with van der Waals surface area (Å²) in [5.41, 5.74) is -0.916. The van der Waals surface area contributed by atoms with Crippen LogP contribution in [0.5, 0.6) is 0 Å². The van der Waals surface area contributed by atoms with Gasteiger partial charge in [-0.1, -0.05) is 36.1 Å². The highest BCUT2D eigenvalue weighted by Gasteiger charge is 2.07. The van der Waals surface area contributed by atoms with Crippen LogP contribution in [0.1, 0.15) is 28.9 Å². The van der Waals surface area contributed by atoms with Gasteiger partial charge in [-0.05, 0) is 25.8 Å². The predicted octanol–water partition coefficient (Wildman–Crippen LogP) is 2.18. The minimum absolute atomic E-state index is 0.441. The molecule has 0 saturated heterocycles. The number of likely N-dealkylation sites (N-methyl/N-ethyl adjacent to an activating group) is 1. The van der Waals surface area contributed by atoms with Crippen LogP contribution in [-0.4, -0.2) is 24.5 Å². The van der Waals surface area contributed by atoms with E-state index in [-0.39, 0.29) is 0 Å². The van der Waals surface area contributed by atoms with Gasteiger partial charge in [0.15, 0.2) is 0 Å². The molecule has 1 aromatic rings. The molecule has 1 atom stereocenters. The number of rotatable bonds is 4. The summed E-state index contributed by atoms with van der Waals surface area (Å²) in [5.74, 6) is 2.22. The number of terminal acetylenes is 1. The third-order valence-corrected chi connectivity index (χ3v) is 1.44. The lowest BCUT2D eigenvalue weighted by Gasteiger charge is -2.22. The summed E-state index contributed by atoms with van der Waals surface area (Å²) in [5, 5.41) is 0. The van der Waals surface area contributed by atoms with E-state index >= 15 is 0 Å². The van der Waals surface area contributed by atoms with Crippen LogP contribution in [-0.2, 0) is 6.37 Å². The molecule has 0 unspecified atom stereocenters. The number of benzene rings is 1. The molecule has 1 heteroatoms. The largest absolute Gasteiger partial charge is 0.292 e. The Morgan fingerprint density at radius 1 is 1.79 bits per heavy atom. The van der Waals surface area contributed by atoms with Crippen molar-refractivity contribution in [3.05, 3.63) is 35.8 Å². The standard InChI is InChI=1S/C13H17N/c1-4-10-14(3)12(2)11-13-8-6-5-7-9-13/h1,5-9,12H,10-11H2,2-3H3/t12-/m1/s1/i1D,2D3,5D,6D,7D,8D,9D,11D2,12D. The fraction of sp³-hybridized carbons (Fsp3) is 0.385. The first-order valence-corrected chi connectivity index (χ1v) is 3.84. The van der Waals surface area contributed by atoms with E-state index in [2.05, 4.69) is 5.92 Å². The van der Waals surface area contributed by atoms with E-state index in [9.17, 15) is 0 Å². The van der Waals surface area contributed by atoms with Crippen LogP contribution in [0.2, 0.25) is 0 Å². The molecule has 1 nitrogen and oxygen atoms in total. The van der Waals surface area contributed by atoms with Crippen molar-refractivity contribution in [3.8, 4) is 12.3 Å². The molecule has 0 aliphatic carbocycles. The maximum Gasteiger partial charge on any atom is 0.124 e. The van der Waals surface area contributed by atoms with Gasteiger partial charge in [-0.15, -0.1) is 6.40 Å². The predicted molar refractivity (Wildman–Crippen MR) is 61.1 cm³/mol. The summed E-state index contributed by atoms with van der Waals surface area (Å²) in [6.07, 6.45) is -1.42. The molecule has 1 rings (SSSR count). The molecule has 0 radical (unpaired) electrons. The molecule has 1 aromatic carbocycles. The highest BCUT2D eigenvalue weighted by molar-refractivity contribution is 5.15. The molecule has 0 heterocycles. The van der Waals surface area contributed by atoms with Gasteiger partial charge in [-0.3, -0.25) is 4.90 Å². The van der Waals surface area contributed by atoms with Gasteiger partial charge in [-0.2, -0.15) is 0 Å². The van der Waals surface area contributed by atoms with E-state index < -0.39 is 61.6 Å². The normalized spacial score (nSPS) is 28.4. The third kappa shape index (κ3) is 3.24. The first kappa shape index (κ1) is 2.87. The van der Waals surface area contributed by atoms with Crippen molar-refractivity contribution >= 4 is 0 Å². The van der Waals surface area contributed by atoms with Gasteiger partial charge in [0.05, 0.1) is 13.4 Å². The smallest absolute Gasteiger partial charge is 0.124 e. The summed E-state index contributed by atoms with van der Waals surface area (Å²) in [6.45, 7) is -3.71. The first-order valence-electron chi connectivity index (χ1n) is 9.84. The average molecular weight is 199 g/mol. The molecular weight excluding hydrogens is 170 g/mol. The highest BCUT2D eigenvalue weighted by Crippen LogP contribution is 2.06. The Morgan fingerprint density at radius 3 is 3.21 bits per heavy atom. The minimum Gasteiger partial charge on any atom is -0.292 e. The van der Waals surface area contributed by atoms with Gasteiger partial charge in [0.25, 0.3) is 0 Å². The zero-order valence-corrected chi connectivity index (χ0v) is 7.65. The molecule has 0 bridgehead atoms. The van der Waals surface area contributed by atoms with E-state index in [4.69, 9.17) is 16.4 Å². The molecule has 0 saturated carbocycles. The number of hydrogen-bond acceptors (Lipinski definition) is 1. The van der Waals surface area contributed by atoms with Crippen LogP contribution in [0, 0.1) is 12.3 Å². The second kappa shape index (κ2) is 5.47. The lowest BCUT2D eigenvalue weighted by molar-refractivity contribution is 0.287. The zero-order valence-electron chi connectivity index (χ0n) is 19.7. The van der Waals surface area contributed by atoms with Crippen LogP contribution < -0.4 is 0 Å². The number of hydrogen-bond donors (Lipinski definition) is 0. The van der Waals surface area contributed by atoms with Crippen LogP contribution in [0.25, 0.3) is 0 Å². The van der Waals surface area contributed by atoms with Gasteiger partial charge in [0, 0.05) is 14.2 Å². The average Bonchev–Trinajstić information content (AvgIpc) is 2.53. The van der Waals surface area contributed by atoms with E-state index in [1.807, 2.05) is 0 Å². The monoisotopic (exact) mass is 199 g/mol. The lowest BCUT2D eigenvalue weighted by atomic mass is 10.1. The summed E-state index contributed by atoms with van der Waals surface area (Å²) in [6, 6.07) is -7.27. The molecule has 0 fully saturated rings. The molecule has 14 heavy (non-hydrogen) atoms. The quantitative estimate of drug-likeness (QED) is 0.672. The molecule has 0 aliphatic heterocycles. The van der Waals surface area contributed by atoms with Crippen molar-refractivity contribution in [2.45, 2.75) is 19.2 Å². The Hall–Kier alpha value is -1.26. The van der Waals surface area contributed by atoms with Crippen molar-refractivity contribution in [1.82, 2.24) is 4.90 Å². The molecule has 0 amide bonds. The van der Waals surface area contributed by atoms with Crippen LogP contribution in [0.15, 0.2) is 30.2 Å². The maximum absolute atomic E-state index is 8.41. The van der Waals surface area contributed by atoms with Crippen molar-refractivity contribution in [1.29, 1.82) is 0 Å². The SMILES string of the molecule is [2H]C#CCN(C)[C@]([2H])(C([2H])([2H])[2H])C([2H])([2H])c1c([2H])c([2H])c([2H])c([2H])c1[2H]. The van der Waals surface area contributed by atoms with Crippen LogP contribution >= 0.6 is 0 Å². The fourth-order valence-corrected chi connectivity index (χ4v) is 0.724. The highest BCUT2D eigenvalue weighted by atomic mass is 15.1. The molecule has 0 aliphatic rings. The molecule has 0 N–H and O–H groups in total. The van der Waals surface area contributed by atoms with Crippen molar-refractivity contribution < 1.29 is 16.4 Å². The fourth-order valence-electron chi connectivity index (χ4n) is 0.724. The van der Waals surface area contributed by atoms with Gasteiger partial charge in [0.2, 0.25) is 0 Å². The van der Waals surface area contributed by atoms with Gasteiger partial charge in [-0.25, -0.2) is 0 Å². The Bertz CT molecular complexity index is 730. The van der Waals surface area contributed by atoms with Crippen molar-refractivity contribution in [3.63, 3.8) is 0 Å². The van der Waals surface area contributed by atoms with E-state index in [0.717, 1.165) is 11.9 Å². The van der Waals surface area contributed by atoms with Crippen LogP contribution in [0.3, 0.4) is 0 Å². The van der Waals surface area contributed by atoms with Crippen LogP contribution in [0.4, 0.5) is 0 Å². The minimum atomic E-state index is -3.27. The summed E-state index contributed by atoms with van der Waals surface area (Å²) >= 11 is 0. The molecule has 0 aromatic heterocycles. The van der Waals surface area contributed by atoms with Crippen molar-refractivity contribution in [2.24, 2.45) is 0 Å².